The van der Waals surface area contributed by atoms with Gasteiger partial charge in [0.15, 0.2) is 0 Å². The molecule has 0 spiro atoms. The number of para-hydroxylation sites is 1. The highest BCUT2D eigenvalue weighted by Crippen LogP contribution is 2.22. The number of primary amides is 1. The predicted molar refractivity (Wildman–Crippen MR) is 95.6 cm³/mol. The van der Waals surface area contributed by atoms with Gasteiger partial charge in [0.2, 0.25) is 5.91 Å². The average molecular weight is 337 g/mol. The first kappa shape index (κ1) is 16.7. The van der Waals surface area contributed by atoms with E-state index in [1.165, 1.54) is 0 Å². The summed E-state index contributed by atoms with van der Waals surface area (Å²) < 4.78 is 0. The molecule has 0 saturated carbocycles. The minimum Gasteiger partial charge on any atom is -0.366 e. The van der Waals surface area contributed by atoms with Gasteiger partial charge in [-0.25, -0.2) is 0 Å². The number of anilines is 2. The fourth-order valence-electron chi connectivity index (χ4n) is 2.87. The van der Waals surface area contributed by atoms with Gasteiger partial charge < -0.3 is 16.0 Å². The molecule has 0 aliphatic carbocycles. The normalized spacial score (nSPS) is 14.2. The maximum atomic E-state index is 12.4. The molecule has 6 nitrogen and oxygen atoms in total. The molecule has 25 heavy (non-hydrogen) atoms. The third-order valence-corrected chi connectivity index (χ3v) is 4.21. The van der Waals surface area contributed by atoms with E-state index in [-0.39, 0.29) is 17.4 Å². The van der Waals surface area contributed by atoms with E-state index in [9.17, 15) is 14.4 Å². The molecule has 128 valence electrons. The van der Waals surface area contributed by atoms with Crippen molar-refractivity contribution in [2.24, 2.45) is 5.73 Å². The summed E-state index contributed by atoms with van der Waals surface area (Å²) in [5.41, 5.74) is 7.17. The van der Waals surface area contributed by atoms with E-state index in [0.717, 1.165) is 18.5 Å². The highest BCUT2D eigenvalue weighted by molar-refractivity contribution is 6.09. The van der Waals surface area contributed by atoms with Crippen molar-refractivity contribution in [3.8, 4) is 0 Å². The number of nitrogens with two attached hydrogens (primary N) is 1. The van der Waals surface area contributed by atoms with Gasteiger partial charge in [0.1, 0.15) is 0 Å². The Labute approximate surface area is 145 Å². The van der Waals surface area contributed by atoms with E-state index >= 15 is 0 Å². The molecule has 1 saturated heterocycles. The molecule has 1 aliphatic rings. The third kappa shape index (κ3) is 3.68. The number of hydrogen-bond acceptors (Lipinski definition) is 3. The number of hydrogen-bond donors (Lipinski definition) is 2. The molecule has 0 unspecified atom stereocenters. The minimum atomic E-state index is -0.602. The SMILES string of the molecule is NC(=O)c1ccccc1NC(=O)c1ccc(N2CCCCC2=O)cc1. The van der Waals surface area contributed by atoms with Crippen LogP contribution in [0.3, 0.4) is 0 Å². The molecule has 3 amide bonds. The lowest BCUT2D eigenvalue weighted by Gasteiger charge is -2.26. The fourth-order valence-corrected chi connectivity index (χ4v) is 2.87. The van der Waals surface area contributed by atoms with E-state index < -0.39 is 5.91 Å². The van der Waals surface area contributed by atoms with Crippen molar-refractivity contribution in [3.63, 3.8) is 0 Å². The maximum Gasteiger partial charge on any atom is 0.255 e. The second-order valence-electron chi connectivity index (χ2n) is 5.91. The molecule has 2 aromatic rings. The molecular formula is C19H19N3O3. The molecule has 3 N–H and O–H groups in total. The molecule has 3 rings (SSSR count). The number of amides is 3. The van der Waals surface area contributed by atoms with Crippen LogP contribution in [0.25, 0.3) is 0 Å². The van der Waals surface area contributed by atoms with Gasteiger partial charge >= 0.3 is 0 Å². The Balaban J connectivity index is 1.75. The molecule has 0 radical (unpaired) electrons. The zero-order valence-electron chi connectivity index (χ0n) is 13.7. The van der Waals surface area contributed by atoms with E-state index in [0.29, 0.717) is 24.2 Å². The first-order chi connectivity index (χ1) is 12.1. The minimum absolute atomic E-state index is 0.110. The molecule has 0 aromatic heterocycles. The summed E-state index contributed by atoms with van der Waals surface area (Å²) in [5, 5.41) is 2.70. The van der Waals surface area contributed by atoms with Crippen LogP contribution in [-0.4, -0.2) is 24.3 Å². The summed E-state index contributed by atoms with van der Waals surface area (Å²) in [4.78, 5) is 37.5. The Hall–Kier alpha value is -3.15. The van der Waals surface area contributed by atoms with Crippen molar-refractivity contribution in [1.29, 1.82) is 0 Å². The zero-order chi connectivity index (χ0) is 17.8. The van der Waals surface area contributed by atoms with Crippen LogP contribution in [-0.2, 0) is 4.79 Å². The van der Waals surface area contributed by atoms with Gasteiger partial charge in [-0.15, -0.1) is 0 Å². The van der Waals surface area contributed by atoms with Crippen molar-refractivity contribution in [1.82, 2.24) is 0 Å². The van der Waals surface area contributed by atoms with E-state index in [1.807, 2.05) is 0 Å². The topological polar surface area (TPSA) is 92.5 Å². The van der Waals surface area contributed by atoms with E-state index in [1.54, 1.807) is 53.4 Å². The number of carbonyl (C=O) groups is 3. The van der Waals surface area contributed by atoms with Crippen LogP contribution >= 0.6 is 0 Å². The number of rotatable bonds is 4. The lowest BCUT2D eigenvalue weighted by Crippen LogP contribution is -2.35. The molecule has 6 heteroatoms. The maximum absolute atomic E-state index is 12.4. The molecule has 0 bridgehead atoms. The quantitative estimate of drug-likeness (QED) is 0.898. The Kier molecular flexibility index (Phi) is 4.79. The van der Waals surface area contributed by atoms with E-state index in [2.05, 4.69) is 5.32 Å². The van der Waals surface area contributed by atoms with Crippen LogP contribution in [0.2, 0.25) is 0 Å². The Morgan fingerprint density at radius 2 is 1.72 bits per heavy atom. The number of carbonyl (C=O) groups excluding carboxylic acids is 3. The largest absolute Gasteiger partial charge is 0.366 e. The van der Waals surface area contributed by atoms with E-state index in [4.69, 9.17) is 5.73 Å². The van der Waals surface area contributed by atoms with Crippen molar-refractivity contribution in [3.05, 3.63) is 59.7 Å². The van der Waals surface area contributed by atoms with Crippen LogP contribution in [0.15, 0.2) is 48.5 Å². The molecule has 1 fully saturated rings. The summed E-state index contributed by atoms with van der Waals surface area (Å²) in [7, 11) is 0. The molecule has 1 heterocycles. The summed E-state index contributed by atoms with van der Waals surface area (Å²) in [6.07, 6.45) is 2.47. The highest BCUT2D eigenvalue weighted by Gasteiger charge is 2.20. The molecule has 2 aromatic carbocycles. The smallest absolute Gasteiger partial charge is 0.255 e. The second kappa shape index (κ2) is 7.17. The number of piperidine rings is 1. The van der Waals surface area contributed by atoms with Crippen LogP contribution in [0, 0.1) is 0 Å². The third-order valence-electron chi connectivity index (χ3n) is 4.21. The Morgan fingerprint density at radius 1 is 1.00 bits per heavy atom. The molecular weight excluding hydrogens is 318 g/mol. The lowest BCUT2D eigenvalue weighted by molar-refractivity contribution is -0.119. The predicted octanol–water partition coefficient (Wildman–Crippen LogP) is 2.55. The number of nitrogens with zero attached hydrogens (tertiary/aromatic N) is 1. The van der Waals surface area contributed by atoms with Gasteiger partial charge in [-0.2, -0.15) is 0 Å². The number of benzene rings is 2. The van der Waals surface area contributed by atoms with Crippen molar-refractivity contribution in [2.75, 3.05) is 16.8 Å². The Morgan fingerprint density at radius 3 is 2.40 bits per heavy atom. The second-order valence-corrected chi connectivity index (χ2v) is 5.91. The fraction of sp³-hybridized carbons (Fsp3) is 0.211. The first-order valence-corrected chi connectivity index (χ1v) is 8.17. The standard InChI is InChI=1S/C19H19N3O3/c20-18(24)15-5-1-2-6-16(15)21-19(25)13-8-10-14(11-9-13)22-12-4-3-7-17(22)23/h1-2,5-6,8-11H,3-4,7,12H2,(H2,20,24)(H,21,25). The van der Waals surface area contributed by atoms with Gasteiger partial charge in [0.05, 0.1) is 11.3 Å². The summed E-state index contributed by atoms with van der Waals surface area (Å²) in [6, 6.07) is 13.4. The monoisotopic (exact) mass is 337 g/mol. The average Bonchev–Trinajstić information content (AvgIpc) is 2.62. The van der Waals surface area contributed by atoms with Gasteiger partial charge in [0, 0.05) is 24.2 Å². The van der Waals surface area contributed by atoms with Gasteiger partial charge in [-0.1, -0.05) is 12.1 Å². The lowest BCUT2D eigenvalue weighted by atomic mass is 10.1. The summed E-state index contributed by atoms with van der Waals surface area (Å²) >= 11 is 0. The van der Waals surface area contributed by atoms with Crippen molar-refractivity contribution < 1.29 is 14.4 Å². The molecule has 0 atom stereocenters. The van der Waals surface area contributed by atoms with Crippen LogP contribution in [0.1, 0.15) is 40.0 Å². The number of nitrogens with one attached hydrogen (secondary N) is 1. The van der Waals surface area contributed by atoms with Gasteiger partial charge in [-0.05, 0) is 49.2 Å². The summed E-state index contributed by atoms with van der Waals surface area (Å²) in [6.45, 7) is 0.705. The highest BCUT2D eigenvalue weighted by atomic mass is 16.2. The van der Waals surface area contributed by atoms with Gasteiger partial charge in [-0.3, -0.25) is 14.4 Å². The zero-order valence-corrected chi connectivity index (χ0v) is 13.7. The Bertz CT molecular complexity index is 815. The van der Waals surface area contributed by atoms with Crippen LogP contribution < -0.4 is 16.0 Å². The molecule has 1 aliphatic heterocycles. The van der Waals surface area contributed by atoms with Crippen LogP contribution in [0.4, 0.5) is 11.4 Å². The van der Waals surface area contributed by atoms with Crippen molar-refractivity contribution in [2.45, 2.75) is 19.3 Å². The first-order valence-electron chi connectivity index (χ1n) is 8.17. The van der Waals surface area contributed by atoms with Crippen molar-refractivity contribution >= 4 is 29.1 Å². The van der Waals surface area contributed by atoms with Gasteiger partial charge in [0.25, 0.3) is 11.8 Å². The van der Waals surface area contributed by atoms with Crippen LogP contribution in [0.5, 0.6) is 0 Å². The summed E-state index contributed by atoms with van der Waals surface area (Å²) in [5.74, 6) is -0.834.